The van der Waals surface area contributed by atoms with Gasteiger partial charge in [-0.3, -0.25) is 29.0 Å². The van der Waals surface area contributed by atoms with E-state index in [1.807, 2.05) is 0 Å². The van der Waals surface area contributed by atoms with Gasteiger partial charge in [-0.1, -0.05) is 18.2 Å². The van der Waals surface area contributed by atoms with Crippen LogP contribution in [0.15, 0.2) is 35.5 Å². The number of nitrogens with one attached hydrogen (secondary N) is 4. The second-order valence-electron chi connectivity index (χ2n) is 9.82. The van der Waals surface area contributed by atoms with E-state index in [0.29, 0.717) is 12.0 Å². The van der Waals surface area contributed by atoms with E-state index in [-0.39, 0.29) is 38.2 Å². The van der Waals surface area contributed by atoms with Crippen molar-refractivity contribution in [3.05, 3.63) is 36.0 Å². The number of carbonyl (C=O) groups is 6. The Kier molecular flexibility index (Phi) is 12.9. The summed E-state index contributed by atoms with van der Waals surface area (Å²) in [7, 11) is 0. The van der Waals surface area contributed by atoms with Gasteiger partial charge >= 0.3 is 5.97 Å². The number of fused-ring (bicyclic) bond motifs is 1. The summed E-state index contributed by atoms with van der Waals surface area (Å²) in [6.07, 6.45) is 0.818. The molecule has 5 amide bonds. The number of aromatic nitrogens is 1. The van der Waals surface area contributed by atoms with Crippen LogP contribution in [0.2, 0.25) is 0 Å². The van der Waals surface area contributed by atoms with E-state index in [1.165, 1.54) is 0 Å². The number of amides is 5. The smallest absolute Gasteiger partial charge is 0.326 e. The second-order valence-corrected chi connectivity index (χ2v) is 9.82. The summed E-state index contributed by atoms with van der Waals surface area (Å²) in [5, 5.41) is 17.5. The lowest BCUT2D eigenvalue weighted by molar-refractivity contribution is -0.142. The summed E-state index contributed by atoms with van der Waals surface area (Å²) in [5.41, 5.74) is 28.2. The summed E-state index contributed by atoms with van der Waals surface area (Å²) in [5.74, 6) is -5.81. The number of hydrogen-bond donors (Lipinski definition) is 10. The minimum atomic E-state index is -1.50. The first-order valence-electron chi connectivity index (χ1n) is 13.3. The molecule has 0 bridgehead atoms. The van der Waals surface area contributed by atoms with Crippen molar-refractivity contribution in [2.75, 3.05) is 6.54 Å². The van der Waals surface area contributed by atoms with Crippen molar-refractivity contribution >= 4 is 52.4 Å². The van der Waals surface area contributed by atoms with Crippen molar-refractivity contribution in [3.63, 3.8) is 0 Å². The molecule has 1 aromatic heterocycles. The Hall–Kier alpha value is -5.19. The molecule has 17 nitrogen and oxygen atoms in total. The third-order valence-corrected chi connectivity index (χ3v) is 6.37. The molecule has 17 heteroatoms. The summed E-state index contributed by atoms with van der Waals surface area (Å²) >= 11 is 0. The molecule has 1 heterocycles. The first kappa shape index (κ1) is 34.0. The number of carboxylic acid groups (broad SMARTS) is 1. The van der Waals surface area contributed by atoms with Crippen molar-refractivity contribution in [2.24, 2.45) is 33.7 Å². The van der Waals surface area contributed by atoms with E-state index in [2.05, 4.69) is 25.9 Å². The van der Waals surface area contributed by atoms with Crippen LogP contribution in [0.1, 0.15) is 37.7 Å². The SMILES string of the molecule is NC(=O)CCC(NC(=O)C(Cc1c[nH]c2ccccc12)NC(=O)C(CC(N)=O)NC(=O)C(N)CCCN=C(N)N)C(=O)O. The van der Waals surface area contributed by atoms with Gasteiger partial charge in [0.2, 0.25) is 29.5 Å². The first-order chi connectivity index (χ1) is 20.3. The molecule has 0 aliphatic heterocycles. The van der Waals surface area contributed by atoms with Gasteiger partial charge in [0.05, 0.1) is 12.5 Å². The quantitative estimate of drug-likeness (QED) is 0.0462. The molecule has 15 N–H and O–H groups in total. The fourth-order valence-electron chi connectivity index (χ4n) is 4.16. The van der Waals surface area contributed by atoms with Crippen LogP contribution < -0.4 is 44.6 Å². The number of benzene rings is 1. The molecule has 0 aliphatic carbocycles. The number of hydrogen-bond acceptors (Lipinski definition) is 8. The fourth-order valence-corrected chi connectivity index (χ4v) is 4.16. The van der Waals surface area contributed by atoms with Crippen molar-refractivity contribution in [3.8, 4) is 0 Å². The molecule has 0 fully saturated rings. The third kappa shape index (κ3) is 11.3. The highest BCUT2D eigenvalue weighted by Gasteiger charge is 2.32. The Morgan fingerprint density at radius 1 is 0.837 bits per heavy atom. The van der Waals surface area contributed by atoms with Crippen LogP contribution in [0.3, 0.4) is 0 Å². The molecule has 2 rings (SSSR count). The monoisotopic (exact) mass is 602 g/mol. The average molecular weight is 603 g/mol. The highest BCUT2D eigenvalue weighted by molar-refractivity contribution is 5.96. The molecule has 4 unspecified atom stereocenters. The van der Waals surface area contributed by atoms with Gasteiger partial charge < -0.3 is 54.7 Å². The third-order valence-electron chi connectivity index (χ3n) is 6.37. The van der Waals surface area contributed by atoms with Gasteiger partial charge in [-0.05, 0) is 30.9 Å². The Labute approximate surface area is 246 Å². The van der Waals surface area contributed by atoms with Crippen molar-refractivity contribution in [1.82, 2.24) is 20.9 Å². The van der Waals surface area contributed by atoms with Crippen LogP contribution in [0, 0.1) is 0 Å². The number of para-hydroxylation sites is 1. The minimum absolute atomic E-state index is 0.106. The van der Waals surface area contributed by atoms with Crippen molar-refractivity contribution in [1.29, 1.82) is 0 Å². The van der Waals surface area contributed by atoms with Gasteiger partial charge in [-0.25, -0.2) is 4.79 Å². The van der Waals surface area contributed by atoms with Gasteiger partial charge in [0.25, 0.3) is 0 Å². The van der Waals surface area contributed by atoms with Crippen molar-refractivity contribution in [2.45, 2.75) is 62.7 Å². The van der Waals surface area contributed by atoms with Gasteiger partial charge in [0.1, 0.15) is 18.1 Å². The number of aliphatic imine (C=N–C) groups is 1. The number of carboxylic acids is 1. The molecular formula is C26H38N10O7. The summed E-state index contributed by atoms with van der Waals surface area (Å²) in [4.78, 5) is 80.9. The number of nitrogens with two attached hydrogens (primary N) is 5. The molecule has 4 atom stereocenters. The number of aliphatic carboxylic acids is 1. The first-order valence-corrected chi connectivity index (χ1v) is 13.3. The number of H-pyrrole nitrogens is 1. The van der Waals surface area contributed by atoms with Gasteiger partial charge in [-0.2, -0.15) is 0 Å². The number of aromatic amines is 1. The normalized spacial score (nSPS) is 13.6. The molecule has 2 aromatic rings. The number of carbonyl (C=O) groups excluding carboxylic acids is 5. The maximum atomic E-state index is 13.3. The Balaban J connectivity index is 2.26. The molecular weight excluding hydrogens is 564 g/mol. The Morgan fingerprint density at radius 3 is 2.09 bits per heavy atom. The lowest BCUT2D eigenvalue weighted by Gasteiger charge is -2.25. The zero-order chi connectivity index (χ0) is 32.1. The number of primary amides is 2. The van der Waals surface area contributed by atoms with E-state index < -0.39 is 66.1 Å². The molecule has 0 spiro atoms. The highest BCUT2D eigenvalue weighted by atomic mass is 16.4. The number of rotatable bonds is 18. The van der Waals surface area contributed by atoms with Crippen LogP contribution >= 0.6 is 0 Å². The molecule has 43 heavy (non-hydrogen) atoms. The highest BCUT2D eigenvalue weighted by Crippen LogP contribution is 2.19. The minimum Gasteiger partial charge on any atom is -0.480 e. The second kappa shape index (κ2) is 16.3. The molecule has 0 saturated carbocycles. The fraction of sp³-hybridized carbons (Fsp3) is 0.423. The van der Waals surface area contributed by atoms with Crippen molar-refractivity contribution < 1.29 is 33.9 Å². The van der Waals surface area contributed by atoms with Gasteiger partial charge in [0.15, 0.2) is 5.96 Å². The van der Waals surface area contributed by atoms with Gasteiger partial charge in [0, 0.05) is 36.5 Å². The van der Waals surface area contributed by atoms with E-state index in [4.69, 9.17) is 28.7 Å². The largest absolute Gasteiger partial charge is 0.480 e. The average Bonchev–Trinajstić information content (AvgIpc) is 3.34. The summed E-state index contributed by atoms with van der Waals surface area (Å²) in [6.45, 7) is 0.218. The van der Waals surface area contributed by atoms with E-state index in [9.17, 15) is 33.9 Å². The molecule has 234 valence electrons. The maximum absolute atomic E-state index is 13.3. The van der Waals surface area contributed by atoms with E-state index in [0.717, 1.165) is 10.9 Å². The summed E-state index contributed by atoms with van der Waals surface area (Å²) in [6, 6.07) is 1.72. The lowest BCUT2D eigenvalue weighted by atomic mass is 10.0. The zero-order valence-corrected chi connectivity index (χ0v) is 23.4. The van der Waals surface area contributed by atoms with Crippen LogP contribution in [-0.2, 0) is 35.2 Å². The van der Waals surface area contributed by atoms with E-state index >= 15 is 0 Å². The van der Waals surface area contributed by atoms with Crippen LogP contribution in [0.4, 0.5) is 0 Å². The molecule has 0 saturated heterocycles. The summed E-state index contributed by atoms with van der Waals surface area (Å²) < 4.78 is 0. The Bertz CT molecular complexity index is 1350. The lowest BCUT2D eigenvalue weighted by Crippen LogP contribution is -2.58. The number of guanidine groups is 1. The molecule has 0 radical (unpaired) electrons. The maximum Gasteiger partial charge on any atom is 0.326 e. The standard InChI is InChI=1S/C26H38N10O7/c27-15(5-3-9-32-26(30)31)22(39)35-19(11-21(29)38)24(41)36-18(10-13-12-33-16-6-2-1-4-14(13)16)23(40)34-17(25(42)43)7-8-20(28)37/h1-2,4,6,12,15,17-19,33H,3,5,7-11,27H2,(H2,28,37)(H2,29,38)(H,34,40)(H,35,39)(H,36,41)(H,42,43)(H4,30,31,32). The number of nitrogens with zero attached hydrogens (tertiary/aromatic N) is 1. The van der Waals surface area contributed by atoms with E-state index in [1.54, 1.807) is 30.5 Å². The molecule has 1 aromatic carbocycles. The topological polar surface area (TPSA) is 317 Å². The van der Waals surface area contributed by atoms with Gasteiger partial charge in [-0.15, -0.1) is 0 Å². The van der Waals surface area contributed by atoms with Crippen LogP contribution in [-0.4, -0.2) is 82.3 Å². The predicted octanol–water partition coefficient (Wildman–Crippen LogP) is -3.23. The Morgan fingerprint density at radius 2 is 1.47 bits per heavy atom. The molecule has 0 aliphatic rings. The van der Waals surface area contributed by atoms with Crippen LogP contribution in [0.25, 0.3) is 10.9 Å². The zero-order valence-electron chi connectivity index (χ0n) is 23.4. The predicted molar refractivity (Wildman–Crippen MR) is 156 cm³/mol. The van der Waals surface area contributed by atoms with Crippen LogP contribution in [0.5, 0.6) is 0 Å².